The molecule has 2 aliphatic rings. The van der Waals surface area contributed by atoms with Crippen molar-refractivity contribution < 1.29 is 9.59 Å². The molecule has 2 heterocycles. The fourth-order valence-electron chi connectivity index (χ4n) is 5.30. The van der Waals surface area contributed by atoms with Crippen LogP contribution >= 0.6 is 11.6 Å². The van der Waals surface area contributed by atoms with Crippen LogP contribution < -0.4 is 4.90 Å². The summed E-state index contributed by atoms with van der Waals surface area (Å²) in [5, 5.41) is 0.609. The lowest BCUT2D eigenvalue weighted by Gasteiger charge is -2.28. The molecule has 0 N–H and O–H groups in total. The Morgan fingerprint density at radius 2 is 1.69 bits per heavy atom. The van der Waals surface area contributed by atoms with Crippen molar-refractivity contribution in [1.29, 1.82) is 0 Å². The molecule has 39 heavy (non-hydrogen) atoms. The van der Waals surface area contributed by atoms with E-state index in [-0.39, 0.29) is 17.7 Å². The molecular weight excluding hydrogens is 508 g/mol. The van der Waals surface area contributed by atoms with Crippen molar-refractivity contribution in [2.24, 2.45) is 5.92 Å². The number of rotatable bonds is 7. The van der Waals surface area contributed by atoms with E-state index in [1.165, 1.54) is 11.1 Å². The molecule has 0 spiro atoms. The Labute approximate surface area is 236 Å². The van der Waals surface area contributed by atoms with Gasteiger partial charge in [-0.2, -0.15) is 0 Å². The lowest BCUT2D eigenvalue weighted by Crippen LogP contribution is -2.38. The topological polar surface area (TPSA) is 56.8 Å². The van der Waals surface area contributed by atoms with Gasteiger partial charge in [-0.1, -0.05) is 48.0 Å². The van der Waals surface area contributed by atoms with E-state index < -0.39 is 0 Å². The number of aryl methyl sites for hydroxylation is 1. The average Bonchev–Trinajstić information content (AvgIpc) is 3.80. The third-order valence-electron chi connectivity index (χ3n) is 7.64. The molecule has 7 heteroatoms. The number of nitrogens with zero attached hydrogens (tertiary/aromatic N) is 4. The predicted molar refractivity (Wildman–Crippen MR) is 155 cm³/mol. The zero-order valence-corrected chi connectivity index (χ0v) is 23.2. The first-order valence-corrected chi connectivity index (χ1v) is 14.5. The fraction of sp³-hybridized carbons (Fsp3) is 0.406. The van der Waals surface area contributed by atoms with E-state index in [4.69, 9.17) is 11.6 Å². The first-order chi connectivity index (χ1) is 19.1. The molecule has 1 aliphatic carbocycles. The quantitative estimate of drug-likeness (QED) is 0.381. The normalized spacial score (nSPS) is 16.8. The number of amides is 2. The summed E-state index contributed by atoms with van der Waals surface area (Å²) in [6.07, 6.45) is 8.46. The molecule has 1 fully saturated rings. The number of hydrogen-bond acceptors (Lipinski definition) is 4. The van der Waals surface area contributed by atoms with Crippen molar-refractivity contribution in [3.05, 3.63) is 94.8 Å². The van der Waals surface area contributed by atoms with Gasteiger partial charge in [-0.05, 0) is 73.1 Å². The molecule has 204 valence electrons. The summed E-state index contributed by atoms with van der Waals surface area (Å²) in [6, 6.07) is 20.2. The number of anilines is 1. The minimum Gasteiger partial charge on any atom is -0.337 e. The number of hydrogen-bond donors (Lipinski definition) is 0. The monoisotopic (exact) mass is 544 g/mol. The smallest absolute Gasteiger partial charge is 0.230 e. The molecule has 1 aromatic heterocycles. The highest BCUT2D eigenvalue weighted by molar-refractivity contribution is 6.31. The number of pyridine rings is 1. The molecule has 3 aromatic rings. The van der Waals surface area contributed by atoms with Gasteiger partial charge in [0.2, 0.25) is 11.8 Å². The Morgan fingerprint density at radius 1 is 0.897 bits per heavy atom. The zero-order chi connectivity index (χ0) is 27.0. The first-order valence-electron chi connectivity index (χ1n) is 14.1. The van der Waals surface area contributed by atoms with Crippen LogP contribution in [0.25, 0.3) is 0 Å². The van der Waals surface area contributed by atoms with E-state index in [0.29, 0.717) is 31.1 Å². The number of halogens is 1. The van der Waals surface area contributed by atoms with E-state index in [0.717, 1.165) is 63.0 Å². The van der Waals surface area contributed by atoms with E-state index >= 15 is 0 Å². The van der Waals surface area contributed by atoms with Crippen LogP contribution in [0.3, 0.4) is 0 Å². The third-order valence-corrected chi connectivity index (χ3v) is 7.88. The largest absolute Gasteiger partial charge is 0.337 e. The van der Waals surface area contributed by atoms with Gasteiger partial charge in [-0.15, -0.1) is 0 Å². The van der Waals surface area contributed by atoms with Gasteiger partial charge in [-0.25, -0.2) is 0 Å². The molecule has 2 aromatic carbocycles. The van der Waals surface area contributed by atoms with Gasteiger partial charge >= 0.3 is 0 Å². The molecule has 0 radical (unpaired) electrons. The van der Waals surface area contributed by atoms with Crippen LogP contribution in [0.1, 0.15) is 48.8 Å². The number of fused-ring (bicyclic) bond motifs is 1. The van der Waals surface area contributed by atoms with Gasteiger partial charge in [0.25, 0.3) is 0 Å². The van der Waals surface area contributed by atoms with Gasteiger partial charge < -0.3 is 9.80 Å². The van der Waals surface area contributed by atoms with Gasteiger partial charge in [0.1, 0.15) is 0 Å². The second kappa shape index (κ2) is 13.2. The molecule has 0 unspecified atom stereocenters. The third kappa shape index (κ3) is 7.68. The molecule has 0 bridgehead atoms. The highest BCUT2D eigenvalue weighted by atomic mass is 35.5. The SMILES string of the molecule is O=C(CCCc1ccncc1)N1CCN(Cc2ccccc2)CCCN(C(=O)C2CC2)c2cc(Cl)ccc2C1. The summed E-state index contributed by atoms with van der Waals surface area (Å²) >= 11 is 6.45. The average molecular weight is 545 g/mol. The zero-order valence-electron chi connectivity index (χ0n) is 22.5. The Morgan fingerprint density at radius 3 is 2.46 bits per heavy atom. The van der Waals surface area contributed by atoms with Crippen molar-refractivity contribution >= 4 is 29.1 Å². The Kier molecular flexibility index (Phi) is 9.27. The molecule has 0 saturated heterocycles. The number of carbonyl (C=O) groups excluding carboxylic acids is 2. The van der Waals surface area contributed by atoms with Crippen LogP contribution in [0.5, 0.6) is 0 Å². The van der Waals surface area contributed by atoms with Crippen molar-refractivity contribution in [3.63, 3.8) is 0 Å². The number of benzene rings is 2. The molecule has 1 aliphatic heterocycles. The summed E-state index contributed by atoms with van der Waals surface area (Å²) in [4.78, 5) is 37.4. The van der Waals surface area contributed by atoms with E-state index in [1.807, 2.05) is 46.2 Å². The van der Waals surface area contributed by atoms with Crippen molar-refractivity contribution in [1.82, 2.24) is 14.8 Å². The van der Waals surface area contributed by atoms with Crippen LogP contribution in [-0.2, 0) is 29.1 Å². The maximum atomic E-state index is 13.6. The molecule has 6 nitrogen and oxygen atoms in total. The van der Waals surface area contributed by atoms with Crippen molar-refractivity contribution in [3.8, 4) is 0 Å². The second-order valence-electron chi connectivity index (χ2n) is 10.7. The van der Waals surface area contributed by atoms with Crippen molar-refractivity contribution in [2.45, 2.75) is 51.6 Å². The van der Waals surface area contributed by atoms with Gasteiger partial charge in [0.05, 0.1) is 5.69 Å². The molecular formula is C32H37ClN4O2. The molecule has 1 saturated carbocycles. The standard InChI is InChI=1S/C32H37ClN4O2/c33-29-13-12-28-24-36(31(38)9-4-8-25-14-16-34-17-15-25)21-20-35(23-26-6-2-1-3-7-26)18-5-19-37(30(28)22-29)32(39)27-10-11-27/h1-3,6-7,12-17,22,27H,4-5,8-11,18-21,23-24H2. The summed E-state index contributed by atoms with van der Waals surface area (Å²) in [6.45, 7) is 4.20. The number of aromatic nitrogens is 1. The summed E-state index contributed by atoms with van der Waals surface area (Å²) < 4.78 is 0. The fourth-order valence-corrected chi connectivity index (χ4v) is 5.46. The summed E-state index contributed by atoms with van der Waals surface area (Å²) in [5.74, 6) is 0.430. The lowest BCUT2D eigenvalue weighted by atomic mass is 10.1. The van der Waals surface area contributed by atoms with Crippen LogP contribution in [-0.4, -0.2) is 52.8 Å². The second-order valence-corrected chi connectivity index (χ2v) is 11.1. The van der Waals surface area contributed by atoms with Gasteiger partial charge in [0, 0.05) is 69.0 Å². The van der Waals surface area contributed by atoms with Crippen LogP contribution in [0.4, 0.5) is 5.69 Å². The first kappa shape index (κ1) is 27.4. The van der Waals surface area contributed by atoms with Crippen LogP contribution in [0, 0.1) is 5.92 Å². The van der Waals surface area contributed by atoms with E-state index in [1.54, 1.807) is 12.4 Å². The van der Waals surface area contributed by atoms with Crippen molar-refractivity contribution in [2.75, 3.05) is 31.1 Å². The van der Waals surface area contributed by atoms with Gasteiger partial charge in [-0.3, -0.25) is 19.5 Å². The molecule has 2 amide bonds. The lowest BCUT2D eigenvalue weighted by molar-refractivity contribution is -0.132. The minimum absolute atomic E-state index is 0.105. The Balaban J connectivity index is 1.38. The maximum Gasteiger partial charge on any atom is 0.230 e. The Bertz CT molecular complexity index is 1250. The van der Waals surface area contributed by atoms with E-state index in [9.17, 15) is 9.59 Å². The highest BCUT2D eigenvalue weighted by Crippen LogP contribution is 2.35. The predicted octanol–water partition coefficient (Wildman–Crippen LogP) is 5.74. The highest BCUT2D eigenvalue weighted by Gasteiger charge is 2.35. The maximum absolute atomic E-state index is 13.6. The minimum atomic E-state index is 0.105. The van der Waals surface area contributed by atoms with Crippen LogP contribution in [0.15, 0.2) is 73.1 Å². The van der Waals surface area contributed by atoms with E-state index in [2.05, 4.69) is 34.1 Å². The molecule has 0 atom stereocenters. The number of carbonyl (C=O) groups is 2. The Hall–Kier alpha value is -3.22. The van der Waals surface area contributed by atoms with Crippen LogP contribution in [0.2, 0.25) is 5.02 Å². The summed E-state index contributed by atoms with van der Waals surface area (Å²) in [5.41, 5.74) is 4.28. The molecule has 5 rings (SSSR count). The summed E-state index contributed by atoms with van der Waals surface area (Å²) in [7, 11) is 0. The van der Waals surface area contributed by atoms with Gasteiger partial charge in [0.15, 0.2) is 0 Å².